The zero-order valence-electron chi connectivity index (χ0n) is 17.2. The van der Waals surface area contributed by atoms with Gasteiger partial charge in [0.25, 0.3) is 0 Å². The number of epoxide rings is 1. The van der Waals surface area contributed by atoms with Crippen LogP contribution in [0.15, 0.2) is 48.5 Å². The molecule has 3 aliphatic heterocycles. The summed E-state index contributed by atoms with van der Waals surface area (Å²) in [4.78, 5) is 27.8. The Morgan fingerprint density at radius 1 is 1.09 bits per heavy atom. The van der Waals surface area contributed by atoms with E-state index in [1.54, 1.807) is 18.2 Å². The number of aliphatic hydroxyl groups excluding tert-OH is 1. The number of carbonyl (C=O) groups excluding carboxylic acids is 2. The summed E-state index contributed by atoms with van der Waals surface area (Å²) in [6.45, 7) is -0.0732. The molecule has 0 aliphatic carbocycles. The van der Waals surface area contributed by atoms with Gasteiger partial charge in [0.1, 0.15) is 24.2 Å². The summed E-state index contributed by atoms with van der Waals surface area (Å²) < 4.78 is 11.6. The number of piperidine rings is 1. The van der Waals surface area contributed by atoms with E-state index in [-0.39, 0.29) is 49.3 Å². The van der Waals surface area contributed by atoms with E-state index in [1.807, 2.05) is 30.3 Å². The molecule has 5 rings (SSSR count). The van der Waals surface area contributed by atoms with Crippen molar-refractivity contribution in [3.05, 3.63) is 69.7 Å². The fraction of sp³-hybridized carbons (Fsp3) is 0.417. The van der Waals surface area contributed by atoms with E-state index in [9.17, 15) is 14.7 Å². The zero-order valence-corrected chi connectivity index (χ0v) is 18.7. The molecule has 0 amide bonds. The predicted molar refractivity (Wildman–Crippen MR) is 119 cm³/mol. The molecule has 5 unspecified atom stereocenters. The maximum absolute atomic E-state index is 12.9. The van der Waals surface area contributed by atoms with Crippen LogP contribution in [-0.4, -0.2) is 65.3 Å². The number of Topliss-reactive ketones (excluding diaryl/α,β-unsaturated/α-hetero) is 1. The van der Waals surface area contributed by atoms with Gasteiger partial charge in [0, 0.05) is 35.5 Å². The van der Waals surface area contributed by atoms with Crippen LogP contribution in [0.3, 0.4) is 0 Å². The van der Waals surface area contributed by atoms with Gasteiger partial charge in [-0.25, -0.2) is 0 Å². The minimum absolute atomic E-state index is 0.0101. The maximum atomic E-state index is 12.9. The summed E-state index contributed by atoms with van der Waals surface area (Å²) in [5.41, 5.74) is 1.18. The van der Waals surface area contributed by atoms with Gasteiger partial charge in [0.15, 0.2) is 5.78 Å². The monoisotopic (exact) mass is 475 g/mol. The predicted octanol–water partition coefficient (Wildman–Crippen LogP) is 3.48. The summed E-state index contributed by atoms with van der Waals surface area (Å²) in [6.07, 6.45) is 1.06. The van der Waals surface area contributed by atoms with Crippen LogP contribution in [0.4, 0.5) is 0 Å². The highest BCUT2D eigenvalue weighted by molar-refractivity contribution is 6.36. The first kappa shape index (κ1) is 21.9. The number of ketones is 1. The second kappa shape index (κ2) is 8.76. The Kier molecular flexibility index (Phi) is 5.99. The van der Waals surface area contributed by atoms with E-state index in [0.717, 1.165) is 5.56 Å². The minimum Gasteiger partial charge on any atom is -0.462 e. The number of rotatable bonds is 7. The van der Waals surface area contributed by atoms with Crippen LogP contribution in [0.5, 0.6) is 0 Å². The van der Waals surface area contributed by atoms with Crippen LogP contribution in [-0.2, 0) is 14.3 Å². The van der Waals surface area contributed by atoms with E-state index in [2.05, 4.69) is 4.90 Å². The second-order valence-corrected chi connectivity index (χ2v) is 9.44. The third kappa shape index (κ3) is 4.06. The van der Waals surface area contributed by atoms with E-state index in [1.165, 1.54) is 0 Å². The number of ether oxygens (including phenoxy) is 2. The Morgan fingerprint density at radius 2 is 1.78 bits per heavy atom. The quantitative estimate of drug-likeness (QED) is 0.375. The van der Waals surface area contributed by atoms with Crippen LogP contribution in [0.2, 0.25) is 10.0 Å². The number of carbonyl (C=O) groups is 2. The molecule has 0 saturated carbocycles. The Bertz CT molecular complexity index is 1010. The molecule has 2 aromatic rings. The van der Waals surface area contributed by atoms with Crippen LogP contribution >= 0.6 is 23.2 Å². The summed E-state index contributed by atoms with van der Waals surface area (Å²) in [5.74, 6) is -1.19. The van der Waals surface area contributed by atoms with E-state index in [4.69, 9.17) is 32.7 Å². The smallest absolute Gasteiger partial charge is 0.316 e. The SMILES string of the molecule is O=C(CN1C2CC(OC(=O)C(CO)c3ccccc3)CC1C1OC12)c1ccc(Cl)cc1Cl. The Morgan fingerprint density at radius 3 is 2.41 bits per heavy atom. The highest BCUT2D eigenvalue weighted by atomic mass is 35.5. The molecule has 1 N–H and O–H groups in total. The van der Waals surface area contributed by atoms with Gasteiger partial charge in [-0.1, -0.05) is 53.5 Å². The number of morpholine rings is 1. The third-order valence-corrected chi connectivity index (χ3v) is 7.24. The molecule has 5 atom stereocenters. The number of aliphatic hydroxyl groups is 1. The van der Waals surface area contributed by atoms with Gasteiger partial charge >= 0.3 is 5.97 Å². The number of benzene rings is 2. The molecule has 3 fully saturated rings. The molecule has 168 valence electrons. The molecule has 0 radical (unpaired) electrons. The fourth-order valence-corrected chi connectivity index (χ4v) is 5.61. The van der Waals surface area contributed by atoms with Crippen molar-refractivity contribution in [2.24, 2.45) is 0 Å². The summed E-state index contributed by atoms with van der Waals surface area (Å²) in [7, 11) is 0. The molecule has 6 nitrogen and oxygen atoms in total. The Labute approximate surface area is 196 Å². The minimum atomic E-state index is -0.703. The van der Waals surface area contributed by atoms with E-state index < -0.39 is 11.9 Å². The normalized spacial score (nSPS) is 29.3. The molecule has 3 heterocycles. The molecule has 8 heteroatoms. The second-order valence-electron chi connectivity index (χ2n) is 8.60. The molecule has 3 saturated heterocycles. The number of halogens is 2. The topological polar surface area (TPSA) is 79.4 Å². The number of nitrogens with zero attached hydrogens (tertiary/aromatic N) is 1. The van der Waals surface area contributed by atoms with Crippen molar-refractivity contribution in [2.75, 3.05) is 13.2 Å². The van der Waals surface area contributed by atoms with Gasteiger partial charge in [-0.15, -0.1) is 0 Å². The van der Waals surface area contributed by atoms with Crippen molar-refractivity contribution >= 4 is 35.0 Å². The van der Waals surface area contributed by atoms with Crippen LogP contribution in [0.25, 0.3) is 0 Å². The van der Waals surface area contributed by atoms with Gasteiger partial charge in [-0.3, -0.25) is 14.5 Å². The highest BCUT2D eigenvalue weighted by Crippen LogP contribution is 2.49. The number of hydrogen-bond donors (Lipinski definition) is 1. The molecule has 3 aliphatic rings. The highest BCUT2D eigenvalue weighted by Gasteiger charge is 2.64. The fourth-order valence-electron chi connectivity index (χ4n) is 5.10. The van der Waals surface area contributed by atoms with Crippen molar-refractivity contribution < 1.29 is 24.2 Å². The van der Waals surface area contributed by atoms with Crippen LogP contribution < -0.4 is 0 Å². The third-order valence-electron chi connectivity index (χ3n) is 6.69. The van der Waals surface area contributed by atoms with Crippen molar-refractivity contribution in [1.82, 2.24) is 4.90 Å². The molecule has 0 spiro atoms. The van der Waals surface area contributed by atoms with Crippen molar-refractivity contribution in [3.63, 3.8) is 0 Å². The van der Waals surface area contributed by atoms with E-state index >= 15 is 0 Å². The molecule has 0 aromatic heterocycles. The van der Waals surface area contributed by atoms with Gasteiger partial charge in [0.05, 0.1) is 18.2 Å². The van der Waals surface area contributed by atoms with E-state index in [0.29, 0.717) is 28.5 Å². The molecule has 2 bridgehead atoms. The van der Waals surface area contributed by atoms with Crippen molar-refractivity contribution in [2.45, 2.75) is 49.2 Å². The zero-order chi connectivity index (χ0) is 22.4. The lowest BCUT2D eigenvalue weighted by Gasteiger charge is -2.40. The summed E-state index contributed by atoms with van der Waals surface area (Å²) in [6, 6.07) is 14.0. The summed E-state index contributed by atoms with van der Waals surface area (Å²) in [5, 5.41) is 10.6. The summed E-state index contributed by atoms with van der Waals surface area (Å²) >= 11 is 12.2. The van der Waals surface area contributed by atoms with Gasteiger partial charge in [0.2, 0.25) is 0 Å². The van der Waals surface area contributed by atoms with Gasteiger partial charge in [-0.2, -0.15) is 0 Å². The average Bonchev–Trinajstić information content (AvgIpc) is 3.53. The molecular formula is C24H23Cl2NO5. The first-order chi connectivity index (χ1) is 15.5. The number of fused-ring (bicyclic) bond motifs is 5. The molecule has 32 heavy (non-hydrogen) atoms. The lowest BCUT2D eigenvalue weighted by atomic mass is 9.96. The van der Waals surface area contributed by atoms with Crippen LogP contribution in [0, 0.1) is 0 Å². The van der Waals surface area contributed by atoms with Gasteiger partial charge < -0.3 is 14.6 Å². The standard InChI is InChI=1S/C24H23Cl2NO5/c25-14-6-7-16(18(26)8-14)21(29)11-27-19-9-15(10-20(27)23-22(19)32-23)31-24(30)17(12-28)13-4-2-1-3-5-13/h1-8,15,17,19-20,22-23,28H,9-12H2. The average molecular weight is 476 g/mol. The first-order valence-electron chi connectivity index (χ1n) is 10.7. The van der Waals surface area contributed by atoms with Crippen molar-refractivity contribution in [3.8, 4) is 0 Å². The number of hydrogen-bond acceptors (Lipinski definition) is 6. The largest absolute Gasteiger partial charge is 0.462 e. The Balaban J connectivity index is 1.25. The Hall–Kier alpha value is -1.96. The number of esters is 1. The maximum Gasteiger partial charge on any atom is 0.316 e. The van der Waals surface area contributed by atoms with Gasteiger partial charge in [-0.05, 0) is 23.8 Å². The molecule has 2 aromatic carbocycles. The molecular weight excluding hydrogens is 453 g/mol. The van der Waals surface area contributed by atoms with Crippen molar-refractivity contribution in [1.29, 1.82) is 0 Å². The lowest BCUT2D eigenvalue weighted by molar-refractivity contribution is -0.156. The van der Waals surface area contributed by atoms with Crippen LogP contribution in [0.1, 0.15) is 34.7 Å². The lowest BCUT2D eigenvalue weighted by Crippen LogP contribution is -2.52. The first-order valence-corrected chi connectivity index (χ1v) is 11.5.